The van der Waals surface area contributed by atoms with Crippen molar-refractivity contribution < 1.29 is 24.2 Å². The van der Waals surface area contributed by atoms with Crippen LogP contribution in [0.15, 0.2) is 39.2 Å². The number of ether oxygens (including phenoxy) is 1. The van der Waals surface area contributed by atoms with E-state index in [1.807, 2.05) is 0 Å². The number of phenolic OH excluding ortho intramolecular Hbond substituents is 2. The van der Waals surface area contributed by atoms with Gasteiger partial charge in [0.2, 0.25) is 0 Å². The van der Waals surface area contributed by atoms with E-state index in [1.165, 1.54) is 12.1 Å². The van der Waals surface area contributed by atoms with Crippen molar-refractivity contribution in [2.24, 2.45) is 0 Å². The molecule has 118 valence electrons. The summed E-state index contributed by atoms with van der Waals surface area (Å²) in [6.07, 6.45) is 1.01. The van der Waals surface area contributed by atoms with Gasteiger partial charge in [0.15, 0.2) is 5.57 Å². The van der Waals surface area contributed by atoms with Crippen LogP contribution in [-0.2, 0) is 9.53 Å². The number of anilines is 1. The molecule has 0 aliphatic heterocycles. The fraction of sp³-hybridized carbons (Fsp3) is 0.133. The Hall–Kier alpha value is -3.47. The van der Waals surface area contributed by atoms with Gasteiger partial charge in [-0.2, -0.15) is 5.26 Å². The lowest BCUT2D eigenvalue weighted by Crippen LogP contribution is -2.10. The molecule has 2 rings (SSSR count). The molecular formula is C15H12N2O6. The first-order valence-corrected chi connectivity index (χ1v) is 6.50. The summed E-state index contributed by atoms with van der Waals surface area (Å²) < 4.78 is 9.64. The second kappa shape index (κ2) is 6.53. The lowest BCUT2D eigenvalue weighted by molar-refractivity contribution is -0.138. The Balaban J connectivity index is 2.41. The van der Waals surface area contributed by atoms with Crippen LogP contribution < -0.4 is 10.9 Å². The number of phenols is 2. The lowest BCUT2D eigenvalue weighted by Gasteiger charge is -2.05. The second-order valence-electron chi connectivity index (χ2n) is 4.36. The van der Waals surface area contributed by atoms with Gasteiger partial charge >= 0.3 is 11.6 Å². The third kappa shape index (κ3) is 3.41. The van der Waals surface area contributed by atoms with E-state index in [4.69, 9.17) is 9.68 Å². The number of carbonyl (C=O) groups is 1. The molecule has 0 atom stereocenters. The zero-order chi connectivity index (χ0) is 17.0. The molecule has 3 N–H and O–H groups in total. The number of aromatic hydroxyl groups is 2. The van der Waals surface area contributed by atoms with E-state index < -0.39 is 11.6 Å². The van der Waals surface area contributed by atoms with Crippen molar-refractivity contribution in [3.63, 3.8) is 0 Å². The van der Waals surface area contributed by atoms with Gasteiger partial charge < -0.3 is 24.7 Å². The summed E-state index contributed by atoms with van der Waals surface area (Å²) in [5.74, 6) is -1.38. The number of benzene rings is 1. The number of hydrogen-bond donors (Lipinski definition) is 3. The van der Waals surface area contributed by atoms with Gasteiger partial charge in [-0.3, -0.25) is 0 Å². The molecule has 0 saturated heterocycles. The number of hydrogen-bond acceptors (Lipinski definition) is 8. The third-order valence-corrected chi connectivity index (χ3v) is 2.80. The normalized spacial score (nSPS) is 11.0. The van der Waals surface area contributed by atoms with E-state index in [2.05, 4.69) is 10.1 Å². The van der Waals surface area contributed by atoms with E-state index >= 15 is 0 Å². The Labute approximate surface area is 129 Å². The predicted octanol–water partition coefficient (Wildman–Crippen LogP) is 1.59. The number of esters is 1. The highest BCUT2D eigenvalue weighted by Gasteiger charge is 2.12. The van der Waals surface area contributed by atoms with Gasteiger partial charge in [-0.15, -0.1) is 0 Å². The molecular weight excluding hydrogens is 304 g/mol. The van der Waals surface area contributed by atoms with Gasteiger partial charge in [0.1, 0.15) is 28.8 Å². The first kappa shape index (κ1) is 15.9. The molecule has 23 heavy (non-hydrogen) atoms. The van der Waals surface area contributed by atoms with Crippen LogP contribution in [0.4, 0.5) is 5.69 Å². The number of fused-ring (bicyclic) bond motifs is 1. The van der Waals surface area contributed by atoms with Crippen molar-refractivity contribution >= 4 is 22.6 Å². The fourth-order valence-electron chi connectivity index (χ4n) is 1.78. The van der Waals surface area contributed by atoms with E-state index in [0.29, 0.717) is 0 Å². The first-order valence-electron chi connectivity index (χ1n) is 6.50. The summed E-state index contributed by atoms with van der Waals surface area (Å²) in [6.45, 7) is 1.70. The van der Waals surface area contributed by atoms with E-state index in [1.54, 1.807) is 13.0 Å². The SMILES string of the molecule is CCOC(=O)/C(C#N)=C/Nc1cc2c(O)cc(O)cc2oc1=O. The zero-order valence-electron chi connectivity index (χ0n) is 12.0. The van der Waals surface area contributed by atoms with Crippen LogP contribution in [0.2, 0.25) is 0 Å². The minimum Gasteiger partial charge on any atom is -0.508 e. The standard InChI is InChI=1S/C15H12N2O6/c1-2-22-14(20)8(6-16)7-17-11-5-10-12(19)3-9(18)4-13(10)23-15(11)21/h3-5,7,17-19H,2H2,1H3/b8-7+. The quantitative estimate of drug-likeness (QED) is 0.335. The molecule has 1 aromatic heterocycles. The van der Waals surface area contributed by atoms with Crippen LogP contribution in [0.25, 0.3) is 11.0 Å². The monoisotopic (exact) mass is 316 g/mol. The Morgan fingerprint density at radius 3 is 2.83 bits per heavy atom. The fourth-order valence-corrected chi connectivity index (χ4v) is 1.78. The molecule has 8 nitrogen and oxygen atoms in total. The minimum absolute atomic E-state index is 0.00655. The molecule has 0 bridgehead atoms. The lowest BCUT2D eigenvalue weighted by atomic mass is 10.2. The van der Waals surface area contributed by atoms with Crippen molar-refractivity contribution in [3.8, 4) is 17.6 Å². The molecule has 0 radical (unpaired) electrons. The van der Waals surface area contributed by atoms with Gasteiger partial charge in [-0.05, 0) is 13.0 Å². The molecule has 0 amide bonds. The number of carbonyl (C=O) groups excluding carboxylic acids is 1. The number of nitrogens with one attached hydrogen (secondary N) is 1. The van der Waals surface area contributed by atoms with Gasteiger partial charge in [0, 0.05) is 18.3 Å². The summed E-state index contributed by atoms with van der Waals surface area (Å²) in [4.78, 5) is 23.3. The van der Waals surface area contributed by atoms with Crippen molar-refractivity contribution in [1.82, 2.24) is 0 Å². The number of nitriles is 1. The molecule has 0 saturated carbocycles. The summed E-state index contributed by atoms with van der Waals surface area (Å²) in [6, 6.07) is 5.17. The van der Waals surface area contributed by atoms with E-state index in [0.717, 1.165) is 12.3 Å². The van der Waals surface area contributed by atoms with Gasteiger partial charge in [0.25, 0.3) is 0 Å². The van der Waals surface area contributed by atoms with Crippen LogP contribution in [0.1, 0.15) is 6.92 Å². The largest absolute Gasteiger partial charge is 0.508 e. The molecule has 2 aromatic rings. The van der Waals surface area contributed by atoms with Crippen LogP contribution in [0, 0.1) is 11.3 Å². The van der Waals surface area contributed by atoms with Crippen LogP contribution in [0.5, 0.6) is 11.5 Å². The molecule has 0 spiro atoms. The van der Waals surface area contributed by atoms with E-state index in [-0.39, 0.29) is 40.3 Å². The van der Waals surface area contributed by atoms with Crippen molar-refractivity contribution in [1.29, 1.82) is 5.26 Å². The Bertz CT molecular complexity index is 891. The minimum atomic E-state index is -0.833. The van der Waals surface area contributed by atoms with Gasteiger partial charge in [-0.25, -0.2) is 9.59 Å². The highest BCUT2D eigenvalue weighted by molar-refractivity contribution is 5.93. The van der Waals surface area contributed by atoms with Crippen molar-refractivity contribution in [2.75, 3.05) is 11.9 Å². The summed E-state index contributed by atoms with van der Waals surface area (Å²) >= 11 is 0. The van der Waals surface area contributed by atoms with Crippen molar-refractivity contribution in [2.45, 2.75) is 6.92 Å². The maximum atomic E-state index is 11.8. The van der Waals surface area contributed by atoms with E-state index in [9.17, 15) is 19.8 Å². The average Bonchev–Trinajstić information content (AvgIpc) is 2.48. The molecule has 1 heterocycles. The molecule has 0 unspecified atom stereocenters. The first-order chi connectivity index (χ1) is 11.0. The average molecular weight is 316 g/mol. The van der Waals surface area contributed by atoms with Gasteiger partial charge in [-0.1, -0.05) is 0 Å². The van der Waals surface area contributed by atoms with Crippen LogP contribution in [0.3, 0.4) is 0 Å². The molecule has 8 heteroatoms. The number of nitrogens with zero attached hydrogens (tertiary/aromatic N) is 1. The van der Waals surface area contributed by atoms with Crippen LogP contribution in [-0.4, -0.2) is 22.8 Å². The topological polar surface area (TPSA) is 133 Å². The zero-order valence-corrected chi connectivity index (χ0v) is 12.0. The highest BCUT2D eigenvalue weighted by atomic mass is 16.5. The summed E-state index contributed by atoms with van der Waals surface area (Å²) in [5, 5.41) is 30.6. The molecule has 0 fully saturated rings. The van der Waals surface area contributed by atoms with Gasteiger partial charge in [0.05, 0.1) is 12.0 Å². The van der Waals surface area contributed by atoms with Crippen molar-refractivity contribution in [3.05, 3.63) is 40.4 Å². The molecule has 1 aromatic carbocycles. The Morgan fingerprint density at radius 2 is 2.17 bits per heavy atom. The maximum absolute atomic E-state index is 11.8. The molecule has 0 aliphatic carbocycles. The molecule has 0 aliphatic rings. The highest BCUT2D eigenvalue weighted by Crippen LogP contribution is 2.30. The third-order valence-electron chi connectivity index (χ3n) is 2.80. The number of rotatable bonds is 4. The Morgan fingerprint density at radius 1 is 1.43 bits per heavy atom. The second-order valence-corrected chi connectivity index (χ2v) is 4.36. The smallest absolute Gasteiger partial charge is 0.360 e. The maximum Gasteiger partial charge on any atom is 0.360 e. The summed E-state index contributed by atoms with van der Waals surface area (Å²) in [7, 11) is 0. The van der Waals surface area contributed by atoms with Crippen LogP contribution >= 0.6 is 0 Å². The predicted molar refractivity (Wildman–Crippen MR) is 79.8 cm³/mol. The Kier molecular flexibility index (Phi) is 4.52. The summed E-state index contributed by atoms with van der Waals surface area (Å²) in [5.41, 5.74) is -1.25.